The fourth-order valence-electron chi connectivity index (χ4n) is 1.63. The number of hydrogen-bond acceptors (Lipinski definition) is 2. The molecule has 0 fully saturated rings. The van der Waals surface area contributed by atoms with Gasteiger partial charge in [0.15, 0.2) is 0 Å². The zero-order valence-electron chi connectivity index (χ0n) is 11.8. The average Bonchev–Trinajstić information content (AvgIpc) is 2.26. The Morgan fingerprint density at radius 3 is 2.35 bits per heavy atom. The third kappa shape index (κ3) is 5.33. The molecule has 2 nitrogen and oxygen atoms in total. The van der Waals surface area contributed by atoms with Gasteiger partial charge in [0.05, 0.1) is 0 Å². The molecule has 96 valence electrons. The highest BCUT2D eigenvalue weighted by molar-refractivity contribution is 5.23. The van der Waals surface area contributed by atoms with Gasteiger partial charge in [0.25, 0.3) is 0 Å². The predicted molar refractivity (Wildman–Crippen MR) is 75.0 cm³/mol. The summed E-state index contributed by atoms with van der Waals surface area (Å²) in [5, 5.41) is 3.45. The van der Waals surface area contributed by atoms with Gasteiger partial charge < -0.3 is 5.32 Å². The van der Waals surface area contributed by atoms with Crippen LogP contribution in [0.3, 0.4) is 0 Å². The van der Waals surface area contributed by atoms with Crippen LogP contribution >= 0.6 is 0 Å². The van der Waals surface area contributed by atoms with Crippen molar-refractivity contribution < 1.29 is 0 Å². The highest BCUT2D eigenvalue weighted by Crippen LogP contribution is 2.09. The summed E-state index contributed by atoms with van der Waals surface area (Å²) in [7, 11) is 2.17. The van der Waals surface area contributed by atoms with Crippen molar-refractivity contribution in [1.82, 2.24) is 10.2 Å². The summed E-state index contributed by atoms with van der Waals surface area (Å²) in [6, 6.07) is 9.98. The molecule has 0 bridgehead atoms. The summed E-state index contributed by atoms with van der Waals surface area (Å²) in [4.78, 5) is 2.36. The van der Waals surface area contributed by atoms with Crippen molar-refractivity contribution in [3.05, 3.63) is 35.4 Å². The largest absolute Gasteiger partial charge is 0.310 e. The highest BCUT2D eigenvalue weighted by Gasteiger charge is 2.04. The third-order valence-corrected chi connectivity index (χ3v) is 3.02. The van der Waals surface area contributed by atoms with Crippen molar-refractivity contribution in [3.63, 3.8) is 0 Å². The quantitative estimate of drug-likeness (QED) is 0.814. The van der Waals surface area contributed by atoms with Crippen LogP contribution in [-0.2, 0) is 13.1 Å². The Kier molecular flexibility index (Phi) is 5.66. The first-order valence-corrected chi connectivity index (χ1v) is 6.50. The molecule has 0 amide bonds. The van der Waals surface area contributed by atoms with Crippen LogP contribution < -0.4 is 5.32 Å². The van der Waals surface area contributed by atoms with E-state index in [4.69, 9.17) is 0 Å². The van der Waals surface area contributed by atoms with E-state index in [-0.39, 0.29) is 0 Å². The van der Waals surface area contributed by atoms with Crippen LogP contribution in [0, 0.1) is 0 Å². The lowest BCUT2D eigenvalue weighted by Gasteiger charge is -2.21. The minimum absolute atomic E-state index is 0.539. The molecule has 2 heteroatoms. The maximum atomic E-state index is 3.45. The molecule has 17 heavy (non-hydrogen) atoms. The number of hydrogen-bond donors (Lipinski definition) is 1. The van der Waals surface area contributed by atoms with E-state index in [9.17, 15) is 0 Å². The summed E-state index contributed by atoms with van der Waals surface area (Å²) in [5.41, 5.74) is 2.76. The van der Waals surface area contributed by atoms with Gasteiger partial charge in [-0.25, -0.2) is 0 Å². The fraction of sp³-hybridized carbons (Fsp3) is 0.600. The summed E-state index contributed by atoms with van der Waals surface area (Å²) < 4.78 is 0. The Balaban J connectivity index is 2.59. The molecule has 0 aliphatic rings. The maximum Gasteiger partial charge on any atom is 0.0233 e. The fourth-order valence-corrected chi connectivity index (χ4v) is 1.63. The summed E-state index contributed by atoms with van der Waals surface area (Å²) in [5.74, 6) is 0. The second-order valence-corrected chi connectivity index (χ2v) is 5.36. The Labute approximate surface area is 106 Å². The van der Waals surface area contributed by atoms with Crippen molar-refractivity contribution in [2.24, 2.45) is 0 Å². The van der Waals surface area contributed by atoms with E-state index in [2.05, 4.69) is 69.2 Å². The molecule has 0 atom stereocenters. The molecule has 0 aromatic heterocycles. The minimum atomic E-state index is 0.539. The van der Waals surface area contributed by atoms with Crippen LogP contribution in [0.2, 0.25) is 0 Å². The molecule has 1 aromatic carbocycles. The predicted octanol–water partition coefficient (Wildman–Crippen LogP) is 3.02. The first-order chi connectivity index (χ1) is 7.99. The third-order valence-electron chi connectivity index (χ3n) is 3.02. The lowest BCUT2D eigenvalue weighted by atomic mass is 10.1. The van der Waals surface area contributed by atoms with Crippen LogP contribution in [0.4, 0.5) is 0 Å². The van der Waals surface area contributed by atoms with Crippen LogP contribution in [0.5, 0.6) is 0 Å². The molecular weight excluding hydrogens is 208 g/mol. The SMILES string of the molecule is CC(C)NCc1cccc(CN(C)C(C)C)c1. The summed E-state index contributed by atoms with van der Waals surface area (Å²) >= 11 is 0. The van der Waals surface area contributed by atoms with Gasteiger partial charge >= 0.3 is 0 Å². The first-order valence-electron chi connectivity index (χ1n) is 6.50. The molecule has 0 saturated carbocycles. The zero-order valence-corrected chi connectivity index (χ0v) is 11.8. The van der Waals surface area contributed by atoms with Gasteiger partial charge in [0, 0.05) is 25.2 Å². The smallest absolute Gasteiger partial charge is 0.0233 e. The Hall–Kier alpha value is -0.860. The van der Waals surface area contributed by atoms with E-state index in [1.165, 1.54) is 11.1 Å². The van der Waals surface area contributed by atoms with Crippen molar-refractivity contribution in [2.45, 2.75) is 52.9 Å². The Morgan fingerprint density at radius 2 is 1.76 bits per heavy atom. The van der Waals surface area contributed by atoms with Crippen molar-refractivity contribution in [3.8, 4) is 0 Å². The maximum absolute atomic E-state index is 3.45. The van der Waals surface area contributed by atoms with Crippen LogP contribution in [0.25, 0.3) is 0 Å². The van der Waals surface area contributed by atoms with E-state index in [0.717, 1.165) is 13.1 Å². The molecule has 1 rings (SSSR count). The lowest BCUT2D eigenvalue weighted by molar-refractivity contribution is 0.265. The average molecular weight is 234 g/mol. The Bertz CT molecular complexity index is 331. The van der Waals surface area contributed by atoms with Crippen LogP contribution in [0.1, 0.15) is 38.8 Å². The standard InChI is InChI=1S/C15H26N2/c1-12(2)16-10-14-7-6-8-15(9-14)11-17(5)13(3)4/h6-9,12-13,16H,10-11H2,1-5H3. The lowest BCUT2D eigenvalue weighted by Crippen LogP contribution is -2.25. The van der Waals surface area contributed by atoms with Crippen molar-refractivity contribution >= 4 is 0 Å². The van der Waals surface area contributed by atoms with E-state index in [1.54, 1.807) is 0 Å². The first kappa shape index (κ1) is 14.2. The van der Waals surface area contributed by atoms with Gasteiger partial charge in [0.2, 0.25) is 0 Å². The Morgan fingerprint density at radius 1 is 1.12 bits per heavy atom. The monoisotopic (exact) mass is 234 g/mol. The van der Waals surface area contributed by atoms with E-state index < -0.39 is 0 Å². The van der Waals surface area contributed by atoms with E-state index in [1.807, 2.05) is 0 Å². The second kappa shape index (κ2) is 6.77. The number of nitrogens with zero attached hydrogens (tertiary/aromatic N) is 1. The summed E-state index contributed by atoms with van der Waals surface area (Å²) in [6.07, 6.45) is 0. The van der Waals surface area contributed by atoms with Gasteiger partial charge in [-0.3, -0.25) is 4.90 Å². The topological polar surface area (TPSA) is 15.3 Å². The van der Waals surface area contributed by atoms with E-state index in [0.29, 0.717) is 12.1 Å². The van der Waals surface area contributed by atoms with Gasteiger partial charge in [0.1, 0.15) is 0 Å². The molecule has 0 aliphatic heterocycles. The molecule has 0 unspecified atom stereocenters. The van der Waals surface area contributed by atoms with E-state index >= 15 is 0 Å². The molecule has 0 aliphatic carbocycles. The molecule has 1 aromatic rings. The number of nitrogens with one attached hydrogen (secondary N) is 1. The van der Waals surface area contributed by atoms with Gasteiger partial charge in [-0.05, 0) is 32.0 Å². The van der Waals surface area contributed by atoms with Gasteiger partial charge in [-0.1, -0.05) is 38.1 Å². The highest BCUT2D eigenvalue weighted by atomic mass is 15.1. The van der Waals surface area contributed by atoms with Gasteiger partial charge in [-0.15, -0.1) is 0 Å². The van der Waals surface area contributed by atoms with Crippen molar-refractivity contribution in [2.75, 3.05) is 7.05 Å². The zero-order chi connectivity index (χ0) is 12.8. The number of benzene rings is 1. The molecule has 0 saturated heterocycles. The molecule has 1 N–H and O–H groups in total. The number of rotatable bonds is 6. The van der Waals surface area contributed by atoms with Crippen LogP contribution in [0.15, 0.2) is 24.3 Å². The second-order valence-electron chi connectivity index (χ2n) is 5.36. The normalized spacial score (nSPS) is 11.8. The van der Waals surface area contributed by atoms with Crippen molar-refractivity contribution in [1.29, 1.82) is 0 Å². The van der Waals surface area contributed by atoms with Crippen LogP contribution in [-0.4, -0.2) is 24.0 Å². The molecule has 0 radical (unpaired) electrons. The molecule has 0 heterocycles. The molecular formula is C15H26N2. The summed E-state index contributed by atoms with van der Waals surface area (Å²) in [6.45, 7) is 10.8. The minimum Gasteiger partial charge on any atom is -0.310 e. The van der Waals surface area contributed by atoms with Gasteiger partial charge in [-0.2, -0.15) is 0 Å². The molecule has 0 spiro atoms.